The summed E-state index contributed by atoms with van der Waals surface area (Å²) in [4.78, 5) is 33.4. The molecule has 1 aliphatic heterocycles. The molecular weight excluding hydrogens is 440 g/mol. The fraction of sp³-hybridized carbons (Fsp3) is 0.250. The average Bonchev–Trinajstić information content (AvgIpc) is 3.08. The van der Waals surface area contributed by atoms with Gasteiger partial charge in [0.15, 0.2) is 0 Å². The molecule has 0 spiro atoms. The van der Waals surface area contributed by atoms with E-state index in [1.807, 2.05) is 63.2 Å². The van der Waals surface area contributed by atoms with Crippen molar-refractivity contribution < 1.29 is 4.79 Å². The predicted octanol–water partition coefficient (Wildman–Crippen LogP) is 4.79. The van der Waals surface area contributed by atoms with Crippen molar-refractivity contribution in [1.82, 2.24) is 14.3 Å². The second kappa shape index (κ2) is 9.26. The van der Waals surface area contributed by atoms with E-state index in [4.69, 9.17) is 17.2 Å². The summed E-state index contributed by atoms with van der Waals surface area (Å²) in [6.07, 6.45) is 4.20. The summed E-state index contributed by atoms with van der Waals surface area (Å²) in [6.45, 7) is 6.58. The highest BCUT2D eigenvalue weighted by molar-refractivity contribution is 8.26. The number of thiocarbonyl (C=S) groups is 1. The molecular formula is C24H24N4O2S2. The number of pyridine rings is 1. The molecule has 0 bridgehead atoms. The third kappa shape index (κ3) is 4.08. The number of carbonyl (C=O) groups is 1. The third-order valence-electron chi connectivity index (χ3n) is 5.39. The highest BCUT2D eigenvalue weighted by atomic mass is 32.2. The van der Waals surface area contributed by atoms with Crippen molar-refractivity contribution in [2.45, 2.75) is 33.2 Å². The molecule has 4 rings (SSSR count). The number of anilines is 1. The summed E-state index contributed by atoms with van der Waals surface area (Å²) in [5.74, 6) is 0.277. The minimum atomic E-state index is -0.223. The molecule has 1 N–H and O–H groups in total. The van der Waals surface area contributed by atoms with Gasteiger partial charge in [-0.2, -0.15) is 0 Å². The van der Waals surface area contributed by atoms with Gasteiger partial charge in [0.25, 0.3) is 11.5 Å². The molecule has 1 saturated heterocycles. The van der Waals surface area contributed by atoms with Crippen molar-refractivity contribution in [3.63, 3.8) is 0 Å². The Hall–Kier alpha value is -2.97. The second-order valence-electron chi connectivity index (χ2n) is 7.63. The number of nitrogens with one attached hydrogen (secondary N) is 1. The van der Waals surface area contributed by atoms with Crippen molar-refractivity contribution in [3.05, 3.63) is 80.6 Å². The summed E-state index contributed by atoms with van der Waals surface area (Å²) in [6, 6.07) is 13.3. The van der Waals surface area contributed by atoms with Crippen LogP contribution in [0.1, 0.15) is 43.0 Å². The molecule has 2 aromatic heterocycles. The number of thioether (sulfide) groups is 1. The van der Waals surface area contributed by atoms with E-state index in [-0.39, 0.29) is 17.5 Å². The van der Waals surface area contributed by atoms with Gasteiger partial charge in [0.05, 0.1) is 16.5 Å². The molecule has 32 heavy (non-hydrogen) atoms. The quantitative estimate of drug-likeness (QED) is 0.418. The van der Waals surface area contributed by atoms with Crippen LogP contribution in [0.15, 0.2) is 58.4 Å². The first-order chi connectivity index (χ1) is 15.4. The van der Waals surface area contributed by atoms with Gasteiger partial charge in [-0.15, -0.1) is 0 Å². The Balaban J connectivity index is 1.78. The monoisotopic (exact) mass is 464 g/mol. The highest BCUT2D eigenvalue weighted by Gasteiger charge is 2.36. The first-order valence-corrected chi connectivity index (χ1v) is 11.7. The lowest BCUT2D eigenvalue weighted by Gasteiger charge is -2.23. The minimum Gasteiger partial charge on any atom is -0.369 e. The van der Waals surface area contributed by atoms with Crippen molar-refractivity contribution in [2.24, 2.45) is 0 Å². The maximum Gasteiger partial charge on any atom is 0.267 e. The van der Waals surface area contributed by atoms with E-state index in [9.17, 15) is 9.59 Å². The lowest BCUT2D eigenvalue weighted by Crippen LogP contribution is -2.31. The van der Waals surface area contributed by atoms with E-state index in [1.165, 1.54) is 16.2 Å². The molecule has 1 aromatic carbocycles. The van der Waals surface area contributed by atoms with E-state index in [0.717, 1.165) is 17.5 Å². The summed E-state index contributed by atoms with van der Waals surface area (Å²) in [5.41, 5.74) is 2.63. The summed E-state index contributed by atoms with van der Waals surface area (Å²) in [5, 5.41) is 3.25. The largest absolute Gasteiger partial charge is 0.369 e. The molecule has 1 amide bonds. The first-order valence-electron chi connectivity index (χ1n) is 10.5. The summed E-state index contributed by atoms with van der Waals surface area (Å²) >= 11 is 6.74. The van der Waals surface area contributed by atoms with E-state index < -0.39 is 0 Å². The number of fused-ring (bicyclic) bond motifs is 1. The molecule has 8 heteroatoms. The number of hydrogen-bond donors (Lipinski definition) is 1. The lowest BCUT2D eigenvalue weighted by molar-refractivity contribution is -0.123. The molecule has 0 aliphatic carbocycles. The third-order valence-corrected chi connectivity index (χ3v) is 6.73. The average molecular weight is 465 g/mol. The van der Waals surface area contributed by atoms with Crippen LogP contribution in [0.25, 0.3) is 11.7 Å². The van der Waals surface area contributed by atoms with Crippen molar-refractivity contribution in [1.29, 1.82) is 0 Å². The predicted molar refractivity (Wildman–Crippen MR) is 135 cm³/mol. The molecule has 0 radical (unpaired) electrons. The number of hydrogen-bond acceptors (Lipinski definition) is 6. The highest BCUT2D eigenvalue weighted by Crippen LogP contribution is 2.38. The normalized spacial score (nSPS) is 16.2. The van der Waals surface area contributed by atoms with Crippen LogP contribution in [-0.4, -0.2) is 31.1 Å². The number of benzene rings is 1. The van der Waals surface area contributed by atoms with E-state index in [2.05, 4.69) is 5.32 Å². The van der Waals surface area contributed by atoms with Gasteiger partial charge in [-0.05, 0) is 43.5 Å². The molecule has 164 valence electrons. The van der Waals surface area contributed by atoms with Gasteiger partial charge < -0.3 is 5.32 Å². The van der Waals surface area contributed by atoms with E-state index >= 15 is 0 Å². The van der Waals surface area contributed by atoms with Gasteiger partial charge >= 0.3 is 0 Å². The molecule has 1 atom stereocenters. The zero-order valence-corrected chi connectivity index (χ0v) is 19.8. The van der Waals surface area contributed by atoms with E-state index in [1.54, 1.807) is 17.2 Å². The van der Waals surface area contributed by atoms with Crippen molar-refractivity contribution in [2.75, 3.05) is 11.9 Å². The van der Waals surface area contributed by atoms with Gasteiger partial charge in [0.1, 0.15) is 15.8 Å². The fourth-order valence-electron chi connectivity index (χ4n) is 3.65. The van der Waals surface area contributed by atoms with Gasteiger partial charge in [-0.1, -0.05) is 67.3 Å². The van der Waals surface area contributed by atoms with Crippen LogP contribution >= 0.6 is 24.0 Å². The SMILES string of the molecule is CCCNc1nc2c(C)cccn2c(=O)c1/C=C1\SC(=S)N([C@H](C)c2ccccc2)C1=O. The minimum absolute atomic E-state index is 0.202. The lowest BCUT2D eigenvalue weighted by atomic mass is 10.1. The van der Waals surface area contributed by atoms with Crippen molar-refractivity contribution in [3.8, 4) is 0 Å². The number of amides is 1. The van der Waals surface area contributed by atoms with Crippen LogP contribution < -0.4 is 10.9 Å². The Kier molecular flexibility index (Phi) is 6.43. The number of carbonyl (C=O) groups excluding carboxylic acids is 1. The van der Waals surface area contributed by atoms with Crippen molar-refractivity contribution >= 4 is 51.7 Å². The van der Waals surface area contributed by atoms with Gasteiger partial charge in [-0.25, -0.2) is 4.98 Å². The first kappa shape index (κ1) is 22.2. The Labute approximate surface area is 196 Å². The molecule has 0 unspecified atom stereocenters. The van der Waals surface area contributed by atoms with Crippen LogP contribution in [0.5, 0.6) is 0 Å². The Morgan fingerprint density at radius 2 is 1.94 bits per heavy atom. The molecule has 1 aliphatic rings. The summed E-state index contributed by atoms with van der Waals surface area (Å²) in [7, 11) is 0. The number of rotatable bonds is 6. The maximum absolute atomic E-state index is 13.3. The smallest absolute Gasteiger partial charge is 0.267 e. The second-order valence-corrected chi connectivity index (χ2v) is 9.30. The van der Waals surface area contributed by atoms with Gasteiger partial charge in [-0.3, -0.25) is 18.9 Å². The zero-order valence-electron chi connectivity index (χ0n) is 18.2. The number of nitrogens with zero attached hydrogens (tertiary/aromatic N) is 3. The Morgan fingerprint density at radius 1 is 1.19 bits per heavy atom. The van der Waals surface area contributed by atoms with Crippen LogP contribution in [0.3, 0.4) is 0 Å². The molecule has 3 aromatic rings. The molecule has 3 heterocycles. The van der Waals surface area contributed by atoms with Crippen LogP contribution in [0, 0.1) is 6.92 Å². The van der Waals surface area contributed by atoms with Crippen LogP contribution in [0.4, 0.5) is 5.82 Å². The zero-order chi connectivity index (χ0) is 22.8. The molecule has 0 saturated carbocycles. The van der Waals surface area contributed by atoms with Crippen LogP contribution in [0.2, 0.25) is 0 Å². The molecule has 6 nitrogen and oxygen atoms in total. The Morgan fingerprint density at radius 3 is 2.66 bits per heavy atom. The van der Waals surface area contributed by atoms with Gasteiger partial charge in [0.2, 0.25) is 0 Å². The van der Waals surface area contributed by atoms with Crippen LogP contribution in [-0.2, 0) is 4.79 Å². The number of aromatic nitrogens is 2. The number of aryl methyl sites for hydroxylation is 1. The summed E-state index contributed by atoms with van der Waals surface area (Å²) < 4.78 is 2.00. The Bertz CT molecular complexity index is 1280. The molecule has 1 fully saturated rings. The van der Waals surface area contributed by atoms with Gasteiger partial charge in [0, 0.05) is 12.7 Å². The van der Waals surface area contributed by atoms with E-state index in [0.29, 0.717) is 32.8 Å². The topological polar surface area (TPSA) is 66.7 Å². The standard InChI is InChI=1S/C24H24N4O2S2/c1-4-12-25-20-18(22(29)27-13-8-9-15(2)21(27)26-20)14-19-23(30)28(24(31)32-19)16(3)17-10-6-5-7-11-17/h5-11,13-14,16,25H,4,12H2,1-3H3/b19-14-/t16-/m1/s1. The fourth-order valence-corrected chi connectivity index (χ4v) is 5.05. The maximum atomic E-state index is 13.3.